The Morgan fingerprint density at radius 1 is 1.20 bits per heavy atom. The second kappa shape index (κ2) is 5.33. The van der Waals surface area contributed by atoms with Crippen molar-refractivity contribution in [3.05, 3.63) is 59.4 Å². The Kier molecular flexibility index (Phi) is 3.37. The molecular formula is C16H15FN2O. The van der Waals surface area contributed by atoms with E-state index in [2.05, 4.69) is 16.7 Å². The fourth-order valence-corrected chi connectivity index (χ4v) is 2.44. The predicted molar refractivity (Wildman–Crippen MR) is 77.6 cm³/mol. The SMILES string of the molecule is O=C(Nc1cccc2c1NCCC2)c1cccc(F)c1. The van der Waals surface area contributed by atoms with E-state index in [0.29, 0.717) is 5.56 Å². The summed E-state index contributed by atoms with van der Waals surface area (Å²) in [6, 6.07) is 11.5. The summed E-state index contributed by atoms with van der Waals surface area (Å²) in [5, 5.41) is 6.16. The summed E-state index contributed by atoms with van der Waals surface area (Å²) in [4.78, 5) is 12.1. The third-order valence-electron chi connectivity index (χ3n) is 3.41. The van der Waals surface area contributed by atoms with E-state index in [9.17, 15) is 9.18 Å². The average Bonchev–Trinajstić information content (AvgIpc) is 2.47. The lowest BCUT2D eigenvalue weighted by Crippen LogP contribution is -2.17. The zero-order chi connectivity index (χ0) is 13.9. The predicted octanol–water partition coefficient (Wildman–Crippen LogP) is 3.44. The summed E-state index contributed by atoms with van der Waals surface area (Å²) in [5.41, 5.74) is 3.24. The molecule has 2 aromatic rings. The third kappa shape index (κ3) is 2.50. The molecule has 0 bridgehead atoms. The number of amides is 1. The van der Waals surface area contributed by atoms with Gasteiger partial charge in [-0.05, 0) is 42.7 Å². The molecule has 2 aromatic carbocycles. The molecule has 3 nitrogen and oxygen atoms in total. The van der Waals surface area contributed by atoms with E-state index < -0.39 is 5.82 Å². The topological polar surface area (TPSA) is 41.1 Å². The molecular weight excluding hydrogens is 255 g/mol. The van der Waals surface area contributed by atoms with Gasteiger partial charge in [-0.1, -0.05) is 18.2 Å². The molecule has 3 rings (SSSR count). The minimum Gasteiger partial charge on any atom is -0.383 e. The molecule has 1 aliphatic heterocycles. The van der Waals surface area contributed by atoms with E-state index in [1.54, 1.807) is 6.07 Å². The highest BCUT2D eigenvalue weighted by molar-refractivity contribution is 6.06. The minimum atomic E-state index is -0.411. The van der Waals surface area contributed by atoms with Crippen LogP contribution in [0, 0.1) is 5.82 Å². The number of carbonyl (C=O) groups is 1. The number of aryl methyl sites for hydroxylation is 1. The van der Waals surface area contributed by atoms with Crippen LogP contribution < -0.4 is 10.6 Å². The molecule has 1 heterocycles. The molecule has 2 N–H and O–H groups in total. The first-order valence-corrected chi connectivity index (χ1v) is 6.67. The van der Waals surface area contributed by atoms with E-state index in [4.69, 9.17) is 0 Å². The maximum atomic E-state index is 13.1. The summed E-state index contributed by atoms with van der Waals surface area (Å²) >= 11 is 0. The first-order chi connectivity index (χ1) is 9.74. The highest BCUT2D eigenvalue weighted by Gasteiger charge is 2.14. The lowest BCUT2D eigenvalue weighted by atomic mass is 10.0. The van der Waals surface area contributed by atoms with Crippen LogP contribution in [0.4, 0.5) is 15.8 Å². The van der Waals surface area contributed by atoms with Gasteiger partial charge in [-0.3, -0.25) is 4.79 Å². The Hall–Kier alpha value is -2.36. The summed E-state index contributed by atoms with van der Waals surface area (Å²) < 4.78 is 13.1. The summed E-state index contributed by atoms with van der Waals surface area (Å²) in [6.45, 7) is 0.903. The molecule has 0 atom stereocenters. The van der Waals surface area contributed by atoms with Gasteiger partial charge in [0.25, 0.3) is 5.91 Å². The maximum Gasteiger partial charge on any atom is 0.255 e. The van der Waals surface area contributed by atoms with Crippen LogP contribution in [-0.4, -0.2) is 12.5 Å². The van der Waals surface area contributed by atoms with Gasteiger partial charge in [0.05, 0.1) is 11.4 Å². The molecule has 0 spiro atoms. The second-order valence-corrected chi connectivity index (χ2v) is 4.83. The van der Waals surface area contributed by atoms with E-state index >= 15 is 0 Å². The van der Waals surface area contributed by atoms with Crippen LogP contribution >= 0.6 is 0 Å². The number of para-hydroxylation sites is 1. The van der Waals surface area contributed by atoms with Crippen LogP contribution in [0.15, 0.2) is 42.5 Å². The molecule has 0 fully saturated rings. The summed E-state index contributed by atoms with van der Waals surface area (Å²) in [6.07, 6.45) is 2.10. The van der Waals surface area contributed by atoms with Gasteiger partial charge in [-0.25, -0.2) is 4.39 Å². The molecule has 0 aliphatic carbocycles. The Balaban J connectivity index is 1.86. The van der Waals surface area contributed by atoms with E-state index in [0.717, 1.165) is 30.8 Å². The molecule has 102 valence electrons. The fraction of sp³-hybridized carbons (Fsp3) is 0.188. The van der Waals surface area contributed by atoms with Gasteiger partial charge >= 0.3 is 0 Å². The van der Waals surface area contributed by atoms with Gasteiger partial charge in [0.15, 0.2) is 0 Å². The molecule has 1 amide bonds. The Morgan fingerprint density at radius 3 is 2.90 bits per heavy atom. The van der Waals surface area contributed by atoms with Crippen molar-refractivity contribution < 1.29 is 9.18 Å². The number of benzene rings is 2. The zero-order valence-corrected chi connectivity index (χ0v) is 10.9. The van der Waals surface area contributed by atoms with Crippen molar-refractivity contribution in [1.82, 2.24) is 0 Å². The number of nitrogens with one attached hydrogen (secondary N) is 2. The number of carbonyl (C=O) groups excluding carboxylic acids is 1. The van der Waals surface area contributed by atoms with Crippen molar-refractivity contribution in [3.63, 3.8) is 0 Å². The molecule has 0 radical (unpaired) electrons. The number of hydrogen-bond acceptors (Lipinski definition) is 2. The number of rotatable bonds is 2. The number of fused-ring (bicyclic) bond motifs is 1. The first kappa shape index (κ1) is 12.7. The summed E-state index contributed by atoms with van der Waals surface area (Å²) in [7, 11) is 0. The largest absolute Gasteiger partial charge is 0.383 e. The van der Waals surface area contributed by atoms with Crippen molar-refractivity contribution in [2.75, 3.05) is 17.2 Å². The highest BCUT2D eigenvalue weighted by Crippen LogP contribution is 2.30. The molecule has 0 aromatic heterocycles. The number of anilines is 2. The number of halogens is 1. The second-order valence-electron chi connectivity index (χ2n) is 4.83. The third-order valence-corrected chi connectivity index (χ3v) is 3.41. The Bertz CT molecular complexity index is 655. The minimum absolute atomic E-state index is 0.301. The van der Waals surface area contributed by atoms with E-state index in [-0.39, 0.29) is 5.91 Å². The standard InChI is InChI=1S/C16H15FN2O/c17-13-7-1-5-12(10-13)16(20)19-14-8-2-4-11-6-3-9-18-15(11)14/h1-2,4-5,7-8,10,18H,3,6,9H2,(H,19,20). The summed E-state index contributed by atoms with van der Waals surface area (Å²) in [5.74, 6) is -0.712. The smallest absolute Gasteiger partial charge is 0.255 e. The highest BCUT2D eigenvalue weighted by atomic mass is 19.1. The van der Waals surface area contributed by atoms with Crippen molar-refractivity contribution in [1.29, 1.82) is 0 Å². The van der Waals surface area contributed by atoms with Crippen molar-refractivity contribution in [2.45, 2.75) is 12.8 Å². The van der Waals surface area contributed by atoms with Crippen LogP contribution in [0.25, 0.3) is 0 Å². The number of hydrogen-bond donors (Lipinski definition) is 2. The molecule has 0 saturated carbocycles. The van der Waals surface area contributed by atoms with Crippen LogP contribution in [0.5, 0.6) is 0 Å². The van der Waals surface area contributed by atoms with E-state index in [1.807, 2.05) is 12.1 Å². The van der Waals surface area contributed by atoms with Crippen LogP contribution in [0.3, 0.4) is 0 Å². The van der Waals surface area contributed by atoms with Crippen molar-refractivity contribution in [2.24, 2.45) is 0 Å². The Morgan fingerprint density at radius 2 is 2.05 bits per heavy atom. The van der Waals surface area contributed by atoms with Crippen LogP contribution in [0.1, 0.15) is 22.3 Å². The van der Waals surface area contributed by atoms with Crippen molar-refractivity contribution >= 4 is 17.3 Å². The monoisotopic (exact) mass is 270 g/mol. The molecule has 0 saturated heterocycles. The lowest BCUT2D eigenvalue weighted by molar-refractivity contribution is 0.102. The first-order valence-electron chi connectivity index (χ1n) is 6.67. The molecule has 1 aliphatic rings. The van der Waals surface area contributed by atoms with Gasteiger partial charge < -0.3 is 10.6 Å². The van der Waals surface area contributed by atoms with Gasteiger partial charge in [0.1, 0.15) is 5.82 Å². The molecule has 4 heteroatoms. The zero-order valence-electron chi connectivity index (χ0n) is 10.9. The van der Waals surface area contributed by atoms with E-state index in [1.165, 1.54) is 23.8 Å². The van der Waals surface area contributed by atoms with Crippen molar-refractivity contribution in [3.8, 4) is 0 Å². The normalized spacial score (nSPS) is 13.2. The molecule has 20 heavy (non-hydrogen) atoms. The van der Waals surface area contributed by atoms with Crippen LogP contribution in [-0.2, 0) is 6.42 Å². The fourth-order valence-electron chi connectivity index (χ4n) is 2.44. The average molecular weight is 270 g/mol. The lowest BCUT2D eigenvalue weighted by Gasteiger charge is -2.21. The van der Waals surface area contributed by atoms with Gasteiger partial charge in [0.2, 0.25) is 0 Å². The van der Waals surface area contributed by atoms with Crippen LogP contribution in [0.2, 0.25) is 0 Å². The van der Waals surface area contributed by atoms with Gasteiger partial charge in [0, 0.05) is 12.1 Å². The maximum absolute atomic E-state index is 13.1. The molecule has 0 unspecified atom stereocenters. The van der Waals surface area contributed by atoms with Gasteiger partial charge in [-0.2, -0.15) is 0 Å². The van der Waals surface area contributed by atoms with Gasteiger partial charge in [-0.15, -0.1) is 0 Å². The Labute approximate surface area is 116 Å². The quantitative estimate of drug-likeness (QED) is 0.877.